The molecule has 160 valence electrons. The van der Waals surface area contributed by atoms with Crippen molar-refractivity contribution in [1.82, 2.24) is 10.6 Å². The summed E-state index contributed by atoms with van der Waals surface area (Å²) in [7, 11) is -3.81. The van der Waals surface area contributed by atoms with Gasteiger partial charge in [0.25, 0.3) is 0 Å². The highest BCUT2D eigenvalue weighted by Gasteiger charge is 2.38. The second kappa shape index (κ2) is 9.51. The van der Waals surface area contributed by atoms with Gasteiger partial charge < -0.3 is 10.6 Å². The van der Waals surface area contributed by atoms with E-state index in [1.165, 1.54) is 23.9 Å². The molecule has 0 aliphatic carbocycles. The molecule has 0 saturated carbocycles. The second-order valence-corrected chi connectivity index (χ2v) is 11.1. The molecule has 1 heterocycles. The van der Waals surface area contributed by atoms with E-state index in [9.17, 15) is 18.0 Å². The van der Waals surface area contributed by atoms with E-state index in [-0.39, 0.29) is 23.1 Å². The third-order valence-corrected chi connectivity index (χ3v) is 8.38. The Hall–Kier alpha value is -1.88. The smallest absolute Gasteiger partial charge is 0.241 e. The highest BCUT2D eigenvalue weighted by molar-refractivity contribution is 9.10. The number of benzene rings is 2. The third kappa shape index (κ3) is 5.42. The number of aryl methyl sites for hydroxylation is 2. The summed E-state index contributed by atoms with van der Waals surface area (Å²) in [5.74, 6) is -0.678. The molecular weight excluding hydrogens is 490 g/mol. The predicted octanol–water partition coefficient (Wildman–Crippen LogP) is 2.58. The molecule has 2 unspecified atom stereocenters. The Morgan fingerprint density at radius 3 is 2.50 bits per heavy atom. The number of halogens is 1. The van der Waals surface area contributed by atoms with Crippen LogP contribution in [0.3, 0.4) is 0 Å². The molecule has 3 N–H and O–H groups in total. The number of rotatable bonds is 6. The van der Waals surface area contributed by atoms with Crippen LogP contribution in [0, 0.1) is 13.8 Å². The second-order valence-electron chi connectivity index (χ2n) is 6.94. The summed E-state index contributed by atoms with van der Waals surface area (Å²) in [6.45, 7) is 3.94. The minimum absolute atomic E-state index is 0.0271. The lowest BCUT2D eigenvalue weighted by atomic mass is 10.1. The molecule has 2 atom stereocenters. The molecule has 0 bridgehead atoms. The zero-order valence-corrected chi connectivity index (χ0v) is 19.7. The van der Waals surface area contributed by atoms with E-state index in [0.29, 0.717) is 5.69 Å². The highest BCUT2D eigenvalue weighted by atomic mass is 79.9. The molecule has 7 nitrogen and oxygen atoms in total. The van der Waals surface area contributed by atoms with Crippen LogP contribution in [-0.2, 0) is 19.4 Å². The van der Waals surface area contributed by atoms with E-state index in [2.05, 4.69) is 31.9 Å². The van der Waals surface area contributed by atoms with Crippen LogP contribution in [0.25, 0.3) is 0 Å². The van der Waals surface area contributed by atoms with Crippen LogP contribution in [0.4, 0.5) is 5.69 Å². The molecule has 10 heteroatoms. The van der Waals surface area contributed by atoms with Crippen molar-refractivity contribution in [3.05, 3.63) is 58.1 Å². The first-order valence-electron chi connectivity index (χ1n) is 9.19. The molecule has 30 heavy (non-hydrogen) atoms. The normalized spacial score (nSPS) is 19.2. The molecule has 0 aromatic heterocycles. The topological polar surface area (TPSA) is 104 Å². The van der Waals surface area contributed by atoms with Crippen molar-refractivity contribution in [1.29, 1.82) is 0 Å². The fourth-order valence-corrected chi connectivity index (χ4v) is 5.47. The van der Waals surface area contributed by atoms with Gasteiger partial charge in [-0.25, -0.2) is 8.42 Å². The summed E-state index contributed by atoms with van der Waals surface area (Å²) >= 11 is 4.45. The van der Waals surface area contributed by atoms with Crippen LogP contribution in [0.15, 0.2) is 51.8 Å². The molecule has 2 amide bonds. The first kappa shape index (κ1) is 22.8. The Morgan fingerprint density at radius 2 is 1.87 bits per heavy atom. The van der Waals surface area contributed by atoms with Crippen LogP contribution >= 0.6 is 27.7 Å². The molecule has 3 rings (SSSR count). The van der Waals surface area contributed by atoms with Gasteiger partial charge in [-0.05, 0) is 61.4 Å². The van der Waals surface area contributed by atoms with Gasteiger partial charge in [-0.15, -0.1) is 11.8 Å². The molecule has 0 spiro atoms. The van der Waals surface area contributed by atoms with Gasteiger partial charge in [-0.3, -0.25) is 14.9 Å². The summed E-state index contributed by atoms with van der Waals surface area (Å²) in [5.41, 5.74) is 2.40. The van der Waals surface area contributed by atoms with Crippen LogP contribution in [0.1, 0.15) is 11.1 Å². The number of hydrogen-bond acceptors (Lipinski definition) is 6. The molecule has 1 fully saturated rings. The summed E-state index contributed by atoms with van der Waals surface area (Å²) in [6, 6.07) is 11.8. The van der Waals surface area contributed by atoms with Gasteiger partial charge >= 0.3 is 0 Å². The van der Waals surface area contributed by atoms with Crippen molar-refractivity contribution in [2.75, 3.05) is 17.6 Å². The van der Waals surface area contributed by atoms with Crippen LogP contribution in [0.2, 0.25) is 0 Å². The number of anilines is 1. The van der Waals surface area contributed by atoms with E-state index >= 15 is 0 Å². The van der Waals surface area contributed by atoms with E-state index in [4.69, 9.17) is 0 Å². The lowest BCUT2D eigenvalue weighted by molar-refractivity contribution is -0.122. The zero-order chi connectivity index (χ0) is 21.9. The SMILES string of the molecule is Cc1ccc(NC(=O)CSC2NCC(S(=O)(=O)c3ccc(Br)cc3)C(=O)N2)cc1C. The Balaban J connectivity index is 1.54. The van der Waals surface area contributed by atoms with E-state index in [1.807, 2.05) is 32.0 Å². The van der Waals surface area contributed by atoms with Gasteiger partial charge in [0.05, 0.1) is 10.6 Å². The summed E-state index contributed by atoms with van der Waals surface area (Å²) in [5, 5.41) is 7.22. The predicted molar refractivity (Wildman–Crippen MR) is 122 cm³/mol. The number of sulfone groups is 1. The zero-order valence-electron chi connectivity index (χ0n) is 16.4. The Labute approximate surface area is 188 Å². The molecular formula is C20H22BrN3O4S2. The van der Waals surface area contributed by atoms with Crippen LogP contribution in [-0.4, -0.2) is 43.3 Å². The maximum Gasteiger partial charge on any atom is 0.241 e. The summed E-state index contributed by atoms with van der Waals surface area (Å²) < 4.78 is 26.3. The molecule has 0 radical (unpaired) electrons. The van der Waals surface area contributed by atoms with Crippen LogP contribution < -0.4 is 16.0 Å². The largest absolute Gasteiger partial charge is 0.331 e. The van der Waals surface area contributed by atoms with Gasteiger partial charge in [0.2, 0.25) is 11.8 Å². The van der Waals surface area contributed by atoms with Gasteiger partial charge in [0.1, 0.15) is 5.50 Å². The third-order valence-electron chi connectivity index (χ3n) is 4.74. The van der Waals surface area contributed by atoms with Crippen molar-refractivity contribution < 1.29 is 18.0 Å². The lowest BCUT2D eigenvalue weighted by Crippen LogP contribution is -2.59. The Bertz CT molecular complexity index is 1060. The lowest BCUT2D eigenvalue weighted by Gasteiger charge is -2.29. The standard InChI is InChI=1S/C20H22BrN3O4S2/c1-12-3-6-15(9-13(12)2)23-18(25)11-29-20-22-10-17(19(26)24-20)30(27,28)16-7-4-14(21)5-8-16/h3-9,17,20,22H,10-11H2,1-2H3,(H,23,25)(H,24,26). The number of nitrogens with one attached hydrogen (secondary N) is 3. The fraction of sp³-hybridized carbons (Fsp3) is 0.300. The number of hydrogen-bond donors (Lipinski definition) is 3. The monoisotopic (exact) mass is 511 g/mol. The average Bonchev–Trinajstić information content (AvgIpc) is 2.69. The summed E-state index contributed by atoms with van der Waals surface area (Å²) in [6.07, 6.45) is 0. The molecule has 2 aromatic carbocycles. The van der Waals surface area contributed by atoms with E-state index in [0.717, 1.165) is 15.6 Å². The quantitative estimate of drug-likeness (QED) is 0.550. The van der Waals surface area contributed by atoms with Crippen molar-refractivity contribution in [2.24, 2.45) is 0 Å². The van der Waals surface area contributed by atoms with Crippen LogP contribution in [0.5, 0.6) is 0 Å². The van der Waals surface area contributed by atoms with Gasteiger partial charge in [-0.1, -0.05) is 22.0 Å². The van der Waals surface area contributed by atoms with Gasteiger partial charge in [0.15, 0.2) is 15.1 Å². The van der Waals surface area contributed by atoms with E-state index < -0.39 is 26.5 Å². The number of carbonyl (C=O) groups excluding carboxylic acids is 2. The number of carbonyl (C=O) groups is 2. The first-order valence-corrected chi connectivity index (χ1v) is 12.6. The van der Waals surface area contributed by atoms with Gasteiger partial charge in [0, 0.05) is 16.7 Å². The minimum Gasteiger partial charge on any atom is -0.331 e. The first-order chi connectivity index (χ1) is 14.2. The Kier molecular flexibility index (Phi) is 7.22. The summed E-state index contributed by atoms with van der Waals surface area (Å²) in [4.78, 5) is 24.7. The molecule has 1 saturated heterocycles. The van der Waals surface area contributed by atoms with E-state index in [1.54, 1.807) is 12.1 Å². The average molecular weight is 512 g/mol. The molecule has 1 aliphatic rings. The van der Waals surface area contributed by atoms with Crippen molar-refractivity contribution >= 4 is 55.0 Å². The maximum atomic E-state index is 12.7. The highest BCUT2D eigenvalue weighted by Crippen LogP contribution is 2.22. The van der Waals surface area contributed by atoms with Crippen molar-refractivity contribution in [3.63, 3.8) is 0 Å². The van der Waals surface area contributed by atoms with Crippen molar-refractivity contribution in [3.8, 4) is 0 Å². The fourth-order valence-electron chi connectivity index (χ4n) is 2.89. The minimum atomic E-state index is -3.81. The molecule has 2 aromatic rings. The maximum absolute atomic E-state index is 12.7. The van der Waals surface area contributed by atoms with Crippen molar-refractivity contribution in [2.45, 2.75) is 29.5 Å². The number of amides is 2. The number of thioether (sulfide) groups is 1. The van der Waals surface area contributed by atoms with Gasteiger partial charge in [-0.2, -0.15) is 0 Å². The Morgan fingerprint density at radius 1 is 1.17 bits per heavy atom. The molecule has 1 aliphatic heterocycles.